The Morgan fingerprint density at radius 2 is 1.95 bits per heavy atom. The summed E-state index contributed by atoms with van der Waals surface area (Å²) >= 11 is 0. The number of aliphatic imine (C=N–C) groups is 1. The van der Waals surface area contributed by atoms with Gasteiger partial charge in [0.1, 0.15) is 0 Å². The molecule has 1 atom stereocenters. The minimum Gasteiger partial charge on any atom is -0.457 e. The summed E-state index contributed by atoms with van der Waals surface area (Å²) in [5.74, 6) is -2.41. The summed E-state index contributed by atoms with van der Waals surface area (Å²) in [5.41, 5.74) is -0.949. The smallest absolute Gasteiger partial charge is 0.457 e. The van der Waals surface area contributed by atoms with Crippen molar-refractivity contribution in [1.29, 1.82) is 0 Å². The molecule has 0 bridgehead atoms. The summed E-state index contributed by atoms with van der Waals surface area (Å²) < 4.78 is 42.7. The van der Waals surface area contributed by atoms with Crippen LogP contribution < -0.4 is 0 Å². The minimum atomic E-state index is -4.77. The lowest BCUT2D eigenvalue weighted by atomic mass is 9.90. The van der Waals surface area contributed by atoms with Gasteiger partial charge in [-0.1, -0.05) is 36.4 Å². The first-order valence-corrected chi connectivity index (χ1v) is 5.91. The van der Waals surface area contributed by atoms with Crippen LogP contribution in [-0.2, 0) is 16.0 Å². The van der Waals surface area contributed by atoms with Gasteiger partial charge in [0.15, 0.2) is 5.60 Å². The molecule has 1 heterocycles. The fourth-order valence-corrected chi connectivity index (χ4v) is 2.04. The van der Waals surface area contributed by atoms with E-state index in [0.717, 1.165) is 0 Å². The van der Waals surface area contributed by atoms with Gasteiger partial charge in [0.2, 0.25) is 0 Å². The summed E-state index contributed by atoms with van der Waals surface area (Å²) in [7, 11) is 0. The van der Waals surface area contributed by atoms with E-state index in [9.17, 15) is 18.0 Å². The summed E-state index contributed by atoms with van der Waals surface area (Å²) in [4.78, 5) is 14.9. The summed E-state index contributed by atoms with van der Waals surface area (Å²) in [6.45, 7) is 3.47. The highest BCUT2D eigenvalue weighted by molar-refractivity contribution is 6.04. The number of hydrogen-bond donors (Lipinski definition) is 0. The van der Waals surface area contributed by atoms with Gasteiger partial charge in [0.25, 0.3) is 5.91 Å². The van der Waals surface area contributed by atoms with Gasteiger partial charge in [-0.3, -0.25) is 4.79 Å². The Labute approximate surface area is 113 Å². The molecular formula is C14H12F3NO2. The van der Waals surface area contributed by atoms with Gasteiger partial charge >= 0.3 is 12.1 Å². The van der Waals surface area contributed by atoms with Crippen LogP contribution in [0, 0.1) is 0 Å². The van der Waals surface area contributed by atoms with Crippen LogP contribution in [0.15, 0.2) is 48.0 Å². The van der Waals surface area contributed by atoms with Crippen LogP contribution in [0.1, 0.15) is 12.0 Å². The monoisotopic (exact) mass is 283 g/mol. The molecule has 1 unspecified atom stereocenters. The second-order valence-electron chi connectivity index (χ2n) is 4.47. The largest absolute Gasteiger partial charge is 0.468 e. The van der Waals surface area contributed by atoms with Gasteiger partial charge in [0, 0.05) is 12.8 Å². The molecule has 3 nitrogen and oxygen atoms in total. The van der Waals surface area contributed by atoms with Crippen molar-refractivity contribution in [2.45, 2.75) is 24.6 Å². The van der Waals surface area contributed by atoms with Crippen molar-refractivity contribution in [3.63, 3.8) is 0 Å². The average molecular weight is 283 g/mol. The third kappa shape index (κ3) is 2.74. The van der Waals surface area contributed by atoms with E-state index in [1.54, 1.807) is 30.3 Å². The molecule has 0 radical (unpaired) electrons. The van der Waals surface area contributed by atoms with E-state index < -0.39 is 23.6 Å². The number of halogens is 3. The molecule has 0 saturated carbocycles. The highest BCUT2D eigenvalue weighted by Crippen LogP contribution is 2.34. The first-order valence-electron chi connectivity index (χ1n) is 5.91. The van der Waals surface area contributed by atoms with E-state index >= 15 is 0 Å². The van der Waals surface area contributed by atoms with Crippen LogP contribution in [-0.4, -0.2) is 23.6 Å². The minimum absolute atomic E-state index is 0.0156. The van der Waals surface area contributed by atoms with Crippen LogP contribution in [0.2, 0.25) is 0 Å². The topological polar surface area (TPSA) is 38.7 Å². The van der Waals surface area contributed by atoms with E-state index in [2.05, 4.69) is 11.6 Å². The number of alkyl halides is 3. The lowest BCUT2D eigenvalue weighted by Crippen LogP contribution is -2.41. The Balaban J connectivity index is 2.29. The predicted molar refractivity (Wildman–Crippen MR) is 67.3 cm³/mol. The van der Waals surface area contributed by atoms with Crippen LogP contribution in [0.3, 0.4) is 0 Å². The third-order valence-corrected chi connectivity index (χ3v) is 2.93. The molecule has 0 N–H and O–H groups in total. The molecular weight excluding hydrogens is 271 g/mol. The predicted octanol–water partition coefficient (Wildman–Crippen LogP) is 3.06. The fraction of sp³-hybridized carbons (Fsp3) is 0.286. The van der Waals surface area contributed by atoms with Gasteiger partial charge in [-0.25, -0.2) is 0 Å². The highest BCUT2D eigenvalue weighted by Gasteiger charge is 2.53. The van der Waals surface area contributed by atoms with Gasteiger partial charge in [-0.05, 0) is 5.56 Å². The van der Waals surface area contributed by atoms with Crippen LogP contribution in [0.5, 0.6) is 0 Å². The molecule has 0 spiro atoms. The van der Waals surface area contributed by atoms with Crippen molar-refractivity contribution in [3.05, 3.63) is 48.6 Å². The number of rotatable bonds is 4. The lowest BCUT2D eigenvalue weighted by molar-refractivity contribution is -0.132. The first kappa shape index (κ1) is 14.3. The molecule has 1 aromatic rings. The maximum atomic E-state index is 12.6. The Kier molecular flexibility index (Phi) is 3.65. The van der Waals surface area contributed by atoms with E-state index in [1.807, 2.05) is 0 Å². The zero-order valence-corrected chi connectivity index (χ0v) is 10.5. The van der Waals surface area contributed by atoms with E-state index in [-0.39, 0.29) is 12.8 Å². The molecule has 0 aliphatic carbocycles. The highest BCUT2D eigenvalue weighted by atomic mass is 19.4. The molecule has 20 heavy (non-hydrogen) atoms. The number of carbonyl (C=O) groups excluding carboxylic acids is 1. The van der Waals surface area contributed by atoms with Gasteiger partial charge < -0.3 is 4.74 Å². The SMILES string of the molecule is C=CCC1(Cc2ccccc2)OC(C(F)(F)F)=NC1=O. The van der Waals surface area contributed by atoms with Gasteiger partial charge in [-0.15, -0.1) is 6.58 Å². The number of hydrogen-bond acceptors (Lipinski definition) is 2. The Morgan fingerprint density at radius 1 is 1.30 bits per heavy atom. The number of benzene rings is 1. The molecule has 2 rings (SSSR count). The Morgan fingerprint density at radius 3 is 2.45 bits per heavy atom. The number of carbonyl (C=O) groups is 1. The van der Waals surface area contributed by atoms with Crippen molar-refractivity contribution >= 4 is 11.8 Å². The summed E-state index contributed by atoms with van der Waals surface area (Å²) in [6.07, 6.45) is -3.43. The van der Waals surface area contributed by atoms with Crippen molar-refractivity contribution in [2.24, 2.45) is 4.99 Å². The normalized spacial score (nSPS) is 22.4. The second kappa shape index (κ2) is 5.11. The zero-order valence-electron chi connectivity index (χ0n) is 10.5. The molecule has 1 amide bonds. The fourth-order valence-electron chi connectivity index (χ4n) is 2.04. The molecule has 106 valence electrons. The molecule has 1 aliphatic heterocycles. The Hall–Kier alpha value is -2.11. The molecule has 0 saturated heterocycles. The molecule has 1 aromatic carbocycles. The number of nitrogens with zero attached hydrogens (tertiary/aromatic N) is 1. The lowest BCUT2D eigenvalue weighted by Gasteiger charge is -2.25. The molecule has 0 fully saturated rings. The summed E-state index contributed by atoms with van der Waals surface area (Å²) in [5, 5.41) is 0. The molecule has 6 heteroatoms. The number of ether oxygens (including phenoxy) is 1. The quantitative estimate of drug-likeness (QED) is 0.797. The van der Waals surface area contributed by atoms with Crippen LogP contribution >= 0.6 is 0 Å². The molecule has 1 aliphatic rings. The van der Waals surface area contributed by atoms with Crippen molar-refractivity contribution in [3.8, 4) is 0 Å². The standard InChI is InChI=1S/C14H12F3NO2/c1-2-8-13(9-10-6-4-3-5-7-10)11(19)18-12(20-13)14(15,16)17/h2-7H,1,8-9H2. The van der Waals surface area contributed by atoms with Crippen molar-refractivity contribution < 1.29 is 22.7 Å². The van der Waals surface area contributed by atoms with E-state index in [0.29, 0.717) is 5.56 Å². The van der Waals surface area contributed by atoms with E-state index in [1.165, 1.54) is 6.08 Å². The Bertz CT molecular complexity index is 551. The van der Waals surface area contributed by atoms with Gasteiger partial charge in [0.05, 0.1) is 0 Å². The van der Waals surface area contributed by atoms with Crippen molar-refractivity contribution in [1.82, 2.24) is 0 Å². The van der Waals surface area contributed by atoms with Crippen molar-refractivity contribution in [2.75, 3.05) is 0 Å². The third-order valence-electron chi connectivity index (χ3n) is 2.93. The summed E-state index contributed by atoms with van der Waals surface area (Å²) in [6, 6.07) is 8.68. The van der Waals surface area contributed by atoms with E-state index in [4.69, 9.17) is 4.74 Å². The zero-order chi connectivity index (χ0) is 14.8. The molecule has 0 aromatic heterocycles. The van der Waals surface area contributed by atoms with Crippen LogP contribution in [0.25, 0.3) is 0 Å². The van der Waals surface area contributed by atoms with Crippen LogP contribution in [0.4, 0.5) is 13.2 Å². The maximum Gasteiger partial charge on any atom is 0.468 e. The maximum absolute atomic E-state index is 12.6. The van der Waals surface area contributed by atoms with Gasteiger partial charge in [-0.2, -0.15) is 18.2 Å². The number of amides is 1. The average Bonchev–Trinajstić information content (AvgIpc) is 2.69. The second-order valence-corrected chi connectivity index (χ2v) is 4.47. The first-order chi connectivity index (χ1) is 9.37.